The molecule has 0 aromatic rings. The third-order valence-electron chi connectivity index (χ3n) is 3.21. The van der Waals surface area contributed by atoms with Crippen molar-refractivity contribution in [1.29, 1.82) is 0 Å². The van der Waals surface area contributed by atoms with Gasteiger partial charge in [-0.2, -0.15) is 0 Å². The van der Waals surface area contributed by atoms with E-state index in [1.807, 2.05) is 13.8 Å². The van der Waals surface area contributed by atoms with Gasteiger partial charge in [-0.1, -0.05) is 34.1 Å². The second kappa shape index (κ2) is 6.05. The summed E-state index contributed by atoms with van der Waals surface area (Å²) in [6.07, 6.45) is 2.87. The number of hydrogen-bond donors (Lipinski definition) is 0. The Morgan fingerprint density at radius 3 is 2.29 bits per heavy atom. The second-order valence-corrected chi connectivity index (χ2v) is 4.42. The Hall–Kier alpha value is -0.530. The van der Waals surface area contributed by atoms with Crippen LogP contribution in [0.4, 0.5) is 0 Å². The lowest BCUT2D eigenvalue weighted by molar-refractivity contribution is -0.158. The molecule has 0 radical (unpaired) electrons. The molecule has 1 atom stereocenters. The van der Waals surface area contributed by atoms with Gasteiger partial charge in [0.05, 0.1) is 12.0 Å². The highest BCUT2D eigenvalue weighted by molar-refractivity contribution is 5.76. The van der Waals surface area contributed by atoms with Crippen LogP contribution >= 0.6 is 0 Å². The number of carbonyl (C=O) groups is 1. The van der Waals surface area contributed by atoms with Crippen LogP contribution in [0, 0.1) is 11.3 Å². The van der Waals surface area contributed by atoms with Crippen molar-refractivity contribution in [3.63, 3.8) is 0 Å². The van der Waals surface area contributed by atoms with Gasteiger partial charge in [0.25, 0.3) is 0 Å². The number of esters is 1. The Bertz CT molecular complexity index is 175. The molecule has 0 saturated heterocycles. The van der Waals surface area contributed by atoms with Gasteiger partial charge in [-0.25, -0.2) is 0 Å². The van der Waals surface area contributed by atoms with Crippen LogP contribution in [0.15, 0.2) is 0 Å². The van der Waals surface area contributed by atoms with Crippen molar-refractivity contribution in [2.45, 2.75) is 53.9 Å². The summed E-state index contributed by atoms with van der Waals surface area (Å²) >= 11 is 0. The zero-order chi connectivity index (χ0) is 11.2. The molecule has 0 N–H and O–H groups in total. The predicted octanol–water partition coefficient (Wildman–Crippen LogP) is 3.40. The average Bonchev–Trinajstić information content (AvgIpc) is 2.16. The molecule has 0 amide bonds. The van der Waals surface area contributed by atoms with Gasteiger partial charge < -0.3 is 4.74 Å². The van der Waals surface area contributed by atoms with E-state index in [0.29, 0.717) is 12.5 Å². The molecule has 84 valence electrons. The van der Waals surface area contributed by atoms with Crippen molar-refractivity contribution in [1.82, 2.24) is 0 Å². The molecular weight excluding hydrogens is 176 g/mol. The van der Waals surface area contributed by atoms with E-state index < -0.39 is 0 Å². The third-order valence-corrected chi connectivity index (χ3v) is 3.21. The van der Waals surface area contributed by atoms with E-state index >= 15 is 0 Å². The molecule has 0 aliphatic heterocycles. The monoisotopic (exact) mass is 200 g/mol. The van der Waals surface area contributed by atoms with Gasteiger partial charge in [0, 0.05) is 0 Å². The minimum atomic E-state index is -0.312. The molecule has 0 fully saturated rings. The van der Waals surface area contributed by atoms with E-state index in [4.69, 9.17) is 4.74 Å². The fraction of sp³-hybridized carbons (Fsp3) is 0.917. The Morgan fingerprint density at radius 2 is 1.93 bits per heavy atom. The molecule has 0 heterocycles. The Labute approximate surface area is 88.0 Å². The molecule has 0 saturated carbocycles. The third kappa shape index (κ3) is 3.32. The van der Waals surface area contributed by atoms with Gasteiger partial charge in [-0.15, -0.1) is 0 Å². The van der Waals surface area contributed by atoms with Crippen molar-refractivity contribution in [2.24, 2.45) is 11.3 Å². The summed E-state index contributed by atoms with van der Waals surface area (Å²) in [5.74, 6) is 0.296. The molecule has 14 heavy (non-hydrogen) atoms. The second-order valence-electron chi connectivity index (χ2n) is 4.42. The standard InChI is InChI=1S/C12H24O2/c1-6-8-9-14-11(13)12(5,7-2)10(3)4/h10H,6-9H2,1-5H3. The van der Waals surface area contributed by atoms with E-state index in [-0.39, 0.29) is 11.4 Å². The van der Waals surface area contributed by atoms with Crippen molar-refractivity contribution >= 4 is 5.97 Å². The van der Waals surface area contributed by atoms with Crippen molar-refractivity contribution < 1.29 is 9.53 Å². The van der Waals surface area contributed by atoms with Gasteiger partial charge in [-0.05, 0) is 25.7 Å². The summed E-state index contributed by atoms with van der Waals surface area (Å²) < 4.78 is 5.26. The molecule has 0 aromatic carbocycles. The first-order valence-electron chi connectivity index (χ1n) is 5.66. The van der Waals surface area contributed by atoms with Gasteiger partial charge >= 0.3 is 5.97 Å². The number of rotatable bonds is 6. The summed E-state index contributed by atoms with van der Waals surface area (Å²) in [5.41, 5.74) is -0.312. The Balaban J connectivity index is 4.18. The normalized spacial score (nSPS) is 15.3. The average molecular weight is 200 g/mol. The van der Waals surface area contributed by atoms with Gasteiger partial charge in [0.1, 0.15) is 0 Å². The molecule has 0 bridgehead atoms. The molecule has 0 spiro atoms. The van der Waals surface area contributed by atoms with Crippen LogP contribution in [0.25, 0.3) is 0 Å². The fourth-order valence-corrected chi connectivity index (χ4v) is 1.26. The lowest BCUT2D eigenvalue weighted by Gasteiger charge is -2.29. The van der Waals surface area contributed by atoms with E-state index in [2.05, 4.69) is 20.8 Å². The van der Waals surface area contributed by atoms with E-state index in [1.165, 1.54) is 0 Å². The van der Waals surface area contributed by atoms with Crippen LogP contribution in [0.3, 0.4) is 0 Å². The molecule has 0 rings (SSSR count). The smallest absolute Gasteiger partial charge is 0.312 e. The van der Waals surface area contributed by atoms with Crippen LogP contribution in [-0.4, -0.2) is 12.6 Å². The quantitative estimate of drug-likeness (QED) is 0.485. The van der Waals surface area contributed by atoms with Crippen LogP contribution in [0.1, 0.15) is 53.9 Å². The number of unbranched alkanes of at least 4 members (excludes halogenated alkanes) is 1. The van der Waals surface area contributed by atoms with Crippen LogP contribution in [-0.2, 0) is 9.53 Å². The minimum Gasteiger partial charge on any atom is -0.465 e. The first-order valence-corrected chi connectivity index (χ1v) is 5.66. The van der Waals surface area contributed by atoms with Gasteiger partial charge in [0.2, 0.25) is 0 Å². The summed E-state index contributed by atoms with van der Waals surface area (Å²) in [4.78, 5) is 11.8. The van der Waals surface area contributed by atoms with Gasteiger partial charge in [0.15, 0.2) is 0 Å². The van der Waals surface area contributed by atoms with Crippen LogP contribution in [0.2, 0.25) is 0 Å². The zero-order valence-electron chi connectivity index (χ0n) is 10.2. The van der Waals surface area contributed by atoms with E-state index in [0.717, 1.165) is 19.3 Å². The summed E-state index contributed by atoms with van der Waals surface area (Å²) in [6.45, 7) is 10.8. The lowest BCUT2D eigenvalue weighted by Crippen LogP contribution is -2.34. The molecule has 1 unspecified atom stereocenters. The largest absolute Gasteiger partial charge is 0.465 e. The highest BCUT2D eigenvalue weighted by atomic mass is 16.5. The fourth-order valence-electron chi connectivity index (χ4n) is 1.26. The maximum atomic E-state index is 11.8. The number of ether oxygens (including phenoxy) is 1. The molecule has 0 aromatic heterocycles. The zero-order valence-corrected chi connectivity index (χ0v) is 10.2. The summed E-state index contributed by atoms with van der Waals surface area (Å²) in [5, 5.41) is 0. The van der Waals surface area contributed by atoms with Crippen molar-refractivity contribution in [3.05, 3.63) is 0 Å². The molecular formula is C12H24O2. The number of hydrogen-bond acceptors (Lipinski definition) is 2. The Kier molecular flexibility index (Phi) is 5.82. The maximum Gasteiger partial charge on any atom is 0.312 e. The number of carbonyl (C=O) groups excluding carboxylic acids is 1. The lowest BCUT2D eigenvalue weighted by atomic mass is 9.77. The molecule has 0 aliphatic carbocycles. The van der Waals surface area contributed by atoms with Crippen molar-refractivity contribution in [3.8, 4) is 0 Å². The minimum absolute atomic E-state index is 0.0385. The maximum absolute atomic E-state index is 11.8. The summed E-state index contributed by atoms with van der Waals surface area (Å²) in [6, 6.07) is 0. The SMILES string of the molecule is CCCCOC(=O)C(C)(CC)C(C)C. The molecule has 2 heteroatoms. The molecule has 2 nitrogen and oxygen atoms in total. The van der Waals surface area contributed by atoms with E-state index in [1.54, 1.807) is 0 Å². The van der Waals surface area contributed by atoms with Gasteiger partial charge in [-0.3, -0.25) is 4.79 Å². The van der Waals surface area contributed by atoms with E-state index in [9.17, 15) is 4.79 Å². The van der Waals surface area contributed by atoms with Crippen molar-refractivity contribution in [2.75, 3.05) is 6.61 Å². The van der Waals surface area contributed by atoms with Crippen LogP contribution in [0.5, 0.6) is 0 Å². The first kappa shape index (κ1) is 13.5. The summed E-state index contributed by atoms with van der Waals surface area (Å²) in [7, 11) is 0. The highest BCUT2D eigenvalue weighted by Crippen LogP contribution is 2.32. The topological polar surface area (TPSA) is 26.3 Å². The Morgan fingerprint density at radius 1 is 1.36 bits per heavy atom. The highest BCUT2D eigenvalue weighted by Gasteiger charge is 2.36. The predicted molar refractivity (Wildman–Crippen MR) is 59.1 cm³/mol. The van der Waals surface area contributed by atoms with Crippen LogP contribution < -0.4 is 0 Å². The first-order chi connectivity index (χ1) is 6.49. The molecule has 0 aliphatic rings.